The van der Waals surface area contributed by atoms with Crippen molar-refractivity contribution in [2.75, 3.05) is 0 Å². The van der Waals surface area contributed by atoms with Crippen molar-refractivity contribution in [1.82, 2.24) is 9.78 Å². The second-order valence-corrected chi connectivity index (χ2v) is 7.74. The number of carbonyl (C=O) groups is 1. The van der Waals surface area contributed by atoms with Gasteiger partial charge in [-0.1, -0.05) is 64.5 Å². The number of aromatic amines is 1. The minimum absolute atomic E-state index is 0.120. The van der Waals surface area contributed by atoms with Crippen LogP contribution in [0.5, 0.6) is 0 Å². The Bertz CT molecular complexity index is 1390. The topological polar surface area (TPSA) is 54.9 Å². The zero-order chi connectivity index (χ0) is 20.0. The summed E-state index contributed by atoms with van der Waals surface area (Å²) in [6.45, 7) is 0. The third kappa shape index (κ3) is 2.91. The van der Waals surface area contributed by atoms with Crippen molar-refractivity contribution < 1.29 is 4.79 Å². The van der Waals surface area contributed by atoms with Gasteiger partial charge in [0.05, 0.1) is 5.69 Å². The second kappa shape index (κ2) is 6.87. The average Bonchev–Trinajstić information content (AvgIpc) is 3.13. The van der Waals surface area contributed by atoms with Gasteiger partial charge in [0.2, 0.25) is 5.78 Å². The van der Waals surface area contributed by atoms with Crippen molar-refractivity contribution in [3.05, 3.63) is 111 Å². The zero-order valence-corrected chi connectivity index (χ0v) is 16.8. The summed E-state index contributed by atoms with van der Waals surface area (Å²) >= 11 is 3.39. The Labute approximate surface area is 174 Å². The fraction of sp³-hybridized carbons (Fsp3) is 0. The highest BCUT2D eigenvalue weighted by Gasteiger charge is 2.21. The molecule has 0 aliphatic carbocycles. The Balaban J connectivity index is 1.73. The summed E-state index contributed by atoms with van der Waals surface area (Å²) in [6, 6.07) is 24.9. The summed E-state index contributed by atoms with van der Waals surface area (Å²) < 4.78 is 2.30. The van der Waals surface area contributed by atoms with E-state index in [4.69, 9.17) is 0 Å². The van der Waals surface area contributed by atoms with E-state index in [1.54, 1.807) is 0 Å². The highest BCUT2D eigenvalue weighted by molar-refractivity contribution is 9.10. The highest BCUT2D eigenvalue weighted by Crippen LogP contribution is 2.30. The smallest absolute Gasteiger partial charge is 0.282 e. The molecule has 0 atom stereocenters. The van der Waals surface area contributed by atoms with E-state index in [0.717, 1.165) is 26.0 Å². The van der Waals surface area contributed by atoms with Crippen LogP contribution in [0.25, 0.3) is 27.2 Å². The predicted molar refractivity (Wildman–Crippen MR) is 119 cm³/mol. The SMILES string of the molecule is O=C(c1c[nH]n(-c2ccc(Br)cc2)c1=O)c1c2ccccc2cc2ccccc12. The van der Waals surface area contributed by atoms with Gasteiger partial charge >= 0.3 is 0 Å². The molecule has 5 rings (SSSR count). The van der Waals surface area contributed by atoms with Gasteiger partial charge in [0.25, 0.3) is 5.56 Å². The molecular weight excluding hydrogens is 428 g/mol. The molecule has 4 nitrogen and oxygen atoms in total. The Kier molecular flexibility index (Phi) is 4.18. The Morgan fingerprint density at radius 2 is 1.41 bits per heavy atom. The summed E-state index contributed by atoms with van der Waals surface area (Å²) in [5.41, 5.74) is 0.974. The first-order valence-electron chi connectivity index (χ1n) is 9.15. The van der Waals surface area contributed by atoms with Crippen LogP contribution in [0.4, 0.5) is 0 Å². The molecule has 0 amide bonds. The molecule has 0 radical (unpaired) electrons. The van der Waals surface area contributed by atoms with Crippen molar-refractivity contribution in [3.63, 3.8) is 0 Å². The van der Waals surface area contributed by atoms with E-state index < -0.39 is 0 Å². The van der Waals surface area contributed by atoms with Crippen molar-refractivity contribution in [3.8, 4) is 5.69 Å². The molecule has 5 heteroatoms. The lowest BCUT2D eigenvalue weighted by Crippen LogP contribution is -2.20. The van der Waals surface area contributed by atoms with Crippen molar-refractivity contribution in [2.45, 2.75) is 0 Å². The number of nitrogens with one attached hydrogen (secondary N) is 1. The Hall–Kier alpha value is -3.44. The van der Waals surface area contributed by atoms with Crippen LogP contribution >= 0.6 is 15.9 Å². The maximum Gasteiger partial charge on any atom is 0.282 e. The summed E-state index contributed by atoms with van der Waals surface area (Å²) in [4.78, 5) is 26.6. The number of halogens is 1. The molecule has 29 heavy (non-hydrogen) atoms. The normalized spacial score (nSPS) is 11.2. The lowest BCUT2D eigenvalue weighted by Gasteiger charge is -2.09. The molecule has 0 fully saturated rings. The summed E-state index contributed by atoms with van der Waals surface area (Å²) in [5.74, 6) is -0.282. The molecule has 140 valence electrons. The molecule has 0 unspecified atom stereocenters. The molecule has 5 aromatic rings. The molecule has 1 N–H and O–H groups in total. The van der Waals surface area contributed by atoms with Crippen molar-refractivity contribution in [1.29, 1.82) is 0 Å². The molecule has 0 saturated heterocycles. The number of hydrogen-bond donors (Lipinski definition) is 1. The molecule has 1 heterocycles. The van der Waals surface area contributed by atoms with Crippen LogP contribution in [0.2, 0.25) is 0 Å². The summed E-state index contributed by atoms with van der Waals surface area (Å²) in [5, 5.41) is 6.55. The van der Waals surface area contributed by atoms with Gasteiger partial charge in [0, 0.05) is 16.2 Å². The van der Waals surface area contributed by atoms with E-state index in [1.807, 2.05) is 72.8 Å². The van der Waals surface area contributed by atoms with E-state index in [0.29, 0.717) is 11.3 Å². The molecule has 0 saturated carbocycles. The first kappa shape index (κ1) is 17.6. The van der Waals surface area contributed by atoms with E-state index >= 15 is 0 Å². The monoisotopic (exact) mass is 442 g/mol. The number of nitrogens with zero attached hydrogens (tertiary/aromatic N) is 1. The first-order valence-corrected chi connectivity index (χ1v) is 9.94. The molecular formula is C24H15BrN2O2. The van der Waals surface area contributed by atoms with Gasteiger partial charge in [-0.25, -0.2) is 4.68 Å². The van der Waals surface area contributed by atoms with E-state index in [9.17, 15) is 9.59 Å². The maximum absolute atomic E-state index is 13.6. The lowest BCUT2D eigenvalue weighted by molar-refractivity contribution is 0.104. The minimum atomic E-state index is -0.366. The number of fused-ring (bicyclic) bond motifs is 2. The van der Waals surface area contributed by atoms with Crippen LogP contribution in [0.15, 0.2) is 94.3 Å². The largest absolute Gasteiger partial charge is 0.297 e. The predicted octanol–water partition coefficient (Wildman–Crippen LogP) is 5.47. The fourth-order valence-electron chi connectivity index (χ4n) is 3.71. The van der Waals surface area contributed by atoms with Gasteiger partial charge < -0.3 is 0 Å². The van der Waals surface area contributed by atoms with Gasteiger partial charge in [-0.05, 0) is 51.9 Å². The first-order chi connectivity index (χ1) is 14.1. The van der Waals surface area contributed by atoms with E-state index in [2.05, 4.69) is 27.1 Å². The Morgan fingerprint density at radius 3 is 2.03 bits per heavy atom. The van der Waals surface area contributed by atoms with Crippen LogP contribution in [0.1, 0.15) is 15.9 Å². The molecule has 0 spiro atoms. The second-order valence-electron chi connectivity index (χ2n) is 6.83. The van der Waals surface area contributed by atoms with Crippen LogP contribution in [0.3, 0.4) is 0 Å². The van der Waals surface area contributed by atoms with Crippen molar-refractivity contribution in [2.24, 2.45) is 0 Å². The molecule has 0 aliphatic heterocycles. The maximum atomic E-state index is 13.6. The van der Waals surface area contributed by atoms with Crippen LogP contribution in [-0.2, 0) is 0 Å². The molecule has 0 bridgehead atoms. The summed E-state index contributed by atoms with van der Waals surface area (Å²) in [7, 11) is 0. The van der Waals surface area contributed by atoms with Crippen molar-refractivity contribution >= 4 is 43.3 Å². The van der Waals surface area contributed by atoms with Crippen LogP contribution < -0.4 is 5.56 Å². The standard InChI is InChI=1S/C24H15BrN2O2/c25-17-9-11-18(12-10-17)27-24(29)21(14-26-27)23(28)22-19-7-3-1-5-15(19)13-16-6-2-4-8-20(16)22/h1-14,26H. The van der Waals surface area contributed by atoms with E-state index in [1.165, 1.54) is 10.9 Å². The quantitative estimate of drug-likeness (QED) is 0.297. The molecule has 4 aromatic carbocycles. The minimum Gasteiger partial charge on any atom is -0.297 e. The van der Waals surface area contributed by atoms with Gasteiger partial charge in [0.1, 0.15) is 5.56 Å². The third-order valence-corrected chi connectivity index (χ3v) is 5.63. The number of hydrogen-bond acceptors (Lipinski definition) is 2. The van der Waals surface area contributed by atoms with E-state index in [-0.39, 0.29) is 16.9 Å². The number of aromatic nitrogens is 2. The summed E-state index contributed by atoms with van der Waals surface area (Å²) in [6.07, 6.45) is 1.49. The number of ketones is 1. The van der Waals surface area contributed by atoms with Gasteiger partial charge in [-0.15, -0.1) is 0 Å². The Morgan fingerprint density at radius 1 is 0.828 bits per heavy atom. The number of H-pyrrole nitrogens is 1. The zero-order valence-electron chi connectivity index (χ0n) is 15.2. The fourth-order valence-corrected chi connectivity index (χ4v) is 3.97. The third-order valence-electron chi connectivity index (χ3n) is 5.10. The molecule has 1 aromatic heterocycles. The van der Waals surface area contributed by atoms with Gasteiger partial charge in [-0.3, -0.25) is 14.7 Å². The van der Waals surface area contributed by atoms with Crippen LogP contribution in [0, 0.1) is 0 Å². The molecule has 0 aliphatic rings. The number of rotatable bonds is 3. The average molecular weight is 443 g/mol. The van der Waals surface area contributed by atoms with Gasteiger partial charge in [-0.2, -0.15) is 0 Å². The lowest BCUT2D eigenvalue weighted by atomic mass is 9.92. The number of carbonyl (C=O) groups excluding carboxylic acids is 1. The van der Waals surface area contributed by atoms with Crippen LogP contribution in [-0.4, -0.2) is 15.6 Å². The van der Waals surface area contributed by atoms with Gasteiger partial charge in [0.15, 0.2) is 0 Å². The highest BCUT2D eigenvalue weighted by atomic mass is 79.9. The number of benzene rings is 4.